The van der Waals surface area contributed by atoms with E-state index in [1.807, 2.05) is 0 Å². The van der Waals surface area contributed by atoms with Crippen molar-refractivity contribution in [2.75, 3.05) is 0 Å². The Balaban J connectivity index is 2.71. The highest BCUT2D eigenvalue weighted by atomic mass is 35.5. The second-order valence-corrected chi connectivity index (χ2v) is 3.46. The average Bonchev–Trinajstić information content (AvgIpc) is 2.83. The average molecular weight is 284 g/mol. The first-order valence-electron chi connectivity index (χ1n) is 4.49. The van der Waals surface area contributed by atoms with Gasteiger partial charge >= 0.3 is 0 Å². The lowest BCUT2D eigenvalue weighted by molar-refractivity contribution is 0.378. The summed E-state index contributed by atoms with van der Waals surface area (Å²) in [6.45, 7) is 0. The number of benzene rings is 1. The summed E-state index contributed by atoms with van der Waals surface area (Å²) < 4.78 is 70.1. The first-order chi connectivity index (χ1) is 8.47. The van der Waals surface area contributed by atoms with Crippen LogP contribution in [0.15, 0.2) is 10.6 Å². The van der Waals surface area contributed by atoms with Crippen molar-refractivity contribution in [2.45, 2.75) is 5.88 Å². The molecule has 2 nitrogen and oxygen atoms in total. The normalized spacial score (nSPS) is 11.0. The standard InChI is InChI=1S/C10H3ClF5NO/c11-1-4-17-2-3(18-4)5-6(12)8(14)10(16)9(15)7(5)13/h2H,1H2. The van der Waals surface area contributed by atoms with Crippen LogP contribution in [0.5, 0.6) is 0 Å². The quantitative estimate of drug-likeness (QED) is 0.363. The number of oxazole rings is 1. The van der Waals surface area contributed by atoms with Crippen LogP contribution in [0.2, 0.25) is 0 Å². The molecule has 0 bridgehead atoms. The van der Waals surface area contributed by atoms with E-state index in [0.717, 1.165) is 6.20 Å². The number of halogens is 6. The molecular weight excluding hydrogens is 281 g/mol. The molecule has 0 atom stereocenters. The van der Waals surface area contributed by atoms with Crippen molar-refractivity contribution < 1.29 is 26.4 Å². The number of nitrogens with zero attached hydrogens (tertiary/aromatic N) is 1. The largest absolute Gasteiger partial charge is 0.439 e. The third-order valence-corrected chi connectivity index (χ3v) is 2.35. The highest BCUT2D eigenvalue weighted by Gasteiger charge is 2.28. The Labute approximate surface area is 102 Å². The molecule has 2 rings (SSSR count). The van der Waals surface area contributed by atoms with E-state index in [-0.39, 0.29) is 11.8 Å². The molecule has 0 unspecified atom stereocenters. The summed E-state index contributed by atoms with van der Waals surface area (Å²) in [6.07, 6.45) is 0.829. The van der Waals surface area contributed by atoms with Gasteiger partial charge in [0.1, 0.15) is 0 Å². The van der Waals surface area contributed by atoms with Crippen LogP contribution in [0.25, 0.3) is 11.3 Å². The molecule has 0 saturated heterocycles. The molecule has 0 aliphatic heterocycles. The SMILES string of the molecule is Fc1c(F)c(F)c(-c2cnc(CCl)o2)c(F)c1F. The van der Waals surface area contributed by atoms with Crippen molar-refractivity contribution >= 4 is 11.6 Å². The van der Waals surface area contributed by atoms with Crippen LogP contribution >= 0.6 is 11.6 Å². The van der Waals surface area contributed by atoms with Crippen molar-refractivity contribution in [1.82, 2.24) is 4.98 Å². The molecule has 0 saturated carbocycles. The lowest BCUT2D eigenvalue weighted by atomic mass is 10.1. The predicted octanol–water partition coefficient (Wildman–Crippen LogP) is 3.78. The van der Waals surface area contributed by atoms with Crippen LogP contribution in [0, 0.1) is 29.1 Å². The molecule has 1 heterocycles. The molecule has 0 spiro atoms. The zero-order valence-corrected chi connectivity index (χ0v) is 9.16. The van der Waals surface area contributed by atoms with Gasteiger partial charge in [0.15, 0.2) is 29.0 Å². The molecule has 0 radical (unpaired) electrons. The fraction of sp³-hybridized carbons (Fsp3) is 0.100. The maximum Gasteiger partial charge on any atom is 0.209 e. The van der Waals surface area contributed by atoms with Gasteiger partial charge in [-0.3, -0.25) is 0 Å². The van der Waals surface area contributed by atoms with E-state index in [1.165, 1.54) is 0 Å². The minimum absolute atomic E-state index is 0.101. The molecule has 18 heavy (non-hydrogen) atoms. The van der Waals surface area contributed by atoms with Gasteiger partial charge in [-0.15, -0.1) is 11.6 Å². The Kier molecular flexibility index (Phi) is 3.25. The molecule has 8 heteroatoms. The Morgan fingerprint density at radius 1 is 0.944 bits per heavy atom. The smallest absolute Gasteiger partial charge is 0.209 e. The number of hydrogen-bond acceptors (Lipinski definition) is 2. The zero-order valence-electron chi connectivity index (χ0n) is 8.41. The van der Waals surface area contributed by atoms with Gasteiger partial charge < -0.3 is 4.42 Å². The van der Waals surface area contributed by atoms with Gasteiger partial charge in [0.05, 0.1) is 17.6 Å². The monoisotopic (exact) mass is 283 g/mol. The summed E-state index contributed by atoms with van der Waals surface area (Å²) >= 11 is 5.34. The van der Waals surface area contributed by atoms with Crippen LogP contribution in [0.4, 0.5) is 22.0 Å². The number of hydrogen-bond donors (Lipinski definition) is 0. The topological polar surface area (TPSA) is 26.0 Å². The first-order valence-corrected chi connectivity index (χ1v) is 5.03. The van der Waals surface area contributed by atoms with Gasteiger partial charge in [0.2, 0.25) is 11.7 Å². The first kappa shape index (κ1) is 12.8. The Morgan fingerprint density at radius 3 is 1.89 bits per heavy atom. The van der Waals surface area contributed by atoms with E-state index in [1.54, 1.807) is 0 Å². The minimum Gasteiger partial charge on any atom is -0.439 e. The minimum atomic E-state index is -2.23. The number of aromatic nitrogens is 1. The molecular formula is C10H3ClF5NO. The van der Waals surface area contributed by atoms with E-state index >= 15 is 0 Å². The van der Waals surface area contributed by atoms with Gasteiger partial charge in [-0.1, -0.05) is 0 Å². The molecule has 96 valence electrons. The summed E-state index contributed by atoms with van der Waals surface area (Å²) in [7, 11) is 0. The van der Waals surface area contributed by atoms with Crippen molar-refractivity contribution in [3.05, 3.63) is 41.2 Å². The second kappa shape index (κ2) is 4.56. The van der Waals surface area contributed by atoms with E-state index in [0.29, 0.717) is 0 Å². The summed E-state index contributed by atoms with van der Waals surface area (Å²) in [4.78, 5) is 3.50. The van der Waals surface area contributed by atoms with E-state index in [4.69, 9.17) is 16.0 Å². The highest BCUT2D eigenvalue weighted by molar-refractivity contribution is 6.16. The van der Waals surface area contributed by atoms with Crippen LogP contribution in [0.1, 0.15) is 5.89 Å². The third kappa shape index (κ3) is 1.84. The molecule has 0 fully saturated rings. The maximum atomic E-state index is 13.4. The Morgan fingerprint density at radius 2 is 1.44 bits per heavy atom. The van der Waals surface area contributed by atoms with E-state index in [2.05, 4.69) is 4.98 Å². The van der Waals surface area contributed by atoms with Crippen molar-refractivity contribution in [3.8, 4) is 11.3 Å². The fourth-order valence-corrected chi connectivity index (χ4v) is 1.43. The van der Waals surface area contributed by atoms with Gasteiger partial charge in [-0.25, -0.2) is 26.9 Å². The van der Waals surface area contributed by atoms with Gasteiger partial charge in [0, 0.05) is 0 Å². The second-order valence-electron chi connectivity index (χ2n) is 3.20. The molecule has 0 aliphatic carbocycles. The molecule has 2 aromatic rings. The van der Waals surface area contributed by atoms with Crippen molar-refractivity contribution in [1.29, 1.82) is 0 Å². The third-order valence-electron chi connectivity index (χ3n) is 2.12. The predicted molar refractivity (Wildman–Crippen MR) is 51.3 cm³/mol. The molecule has 0 aliphatic rings. The number of rotatable bonds is 2. The Bertz CT molecular complexity index is 584. The van der Waals surface area contributed by atoms with Gasteiger partial charge in [-0.2, -0.15) is 0 Å². The van der Waals surface area contributed by atoms with E-state index < -0.39 is 40.4 Å². The van der Waals surface area contributed by atoms with Crippen molar-refractivity contribution in [2.24, 2.45) is 0 Å². The van der Waals surface area contributed by atoms with Gasteiger partial charge in [0.25, 0.3) is 0 Å². The zero-order chi connectivity index (χ0) is 13.4. The summed E-state index contributed by atoms with van der Waals surface area (Å²) in [6, 6.07) is 0. The molecule has 0 N–H and O–H groups in total. The van der Waals surface area contributed by atoms with Crippen LogP contribution in [0.3, 0.4) is 0 Å². The van der Waals surface area contributed by atoms with Gasteiger partial charge in [-0.05, 0) is 0 Å². The Hall–Kier alpha value is -1.63. The molecule has 0 amide bonds. The molecule has 1 aromatic carbocycles. The van der Waals surface area contributed by atoms with Crippen molar-refractivity contribution in [3.63, 3.8) is 0 Å². The van der Waals surface area contributed by atoms with Crippen LogP contribution < -0.4 is 0 Å². The lowest BCUT2D eigenvalue weighted by Gasteiger charge is -2.05. The van der Waals surface area contributed by atoms with Crippen LogP contribution in [-0.4, -0.2) is 4.98 Å². The summed E-state index contributed by atoms with van der Waals surface area (Å²) in [5.41, 5.74) is -1.17. The van der Waals surface area contributed by atoms with Crippen LogP contribution in [-0.2, 0) is 5.88 Å². The maximum absolute atomic E-state index is 13.4. The van der Waals surface area contributed by atoms with E-state index in [9.17, 15) is 22.0 Å². The summed E-state index contributed by atoms with van der Waals surface area (Å²) in [5.74, 6) is -11.2. The highest BCUT2D eigenvalue weighted by Crippen LogP contribution is 2.31. The lowest BCUT2D eigenvalue weighted by Crippen LogP contribution is -2.03. The molecule has 1 aromatic heterocycles. The fourth-order valence-electron chi connectivity index (χ4n) is 1.31. The summed E-state index contributed by atoms with van der Waals surface area (Å²) in [5, 5.41) is 0. The number of alkyl halides is 1.